The van der Waals surface area contributed by atoms with Crippen LogP contribution in [0.3, 0.4) is 0 Å². The van der Waals surface area contributed by atoms with Gasteiger partial charge in [0, 0.05) is 24.4 Å². The number of nitrogens with one attached hydrogen (secondary N) is 2. The Morgan fingerprint density at radius 3 is 2.58 bits per heavy atom. The fraction of sp³-hybridized carbons (Fsp3) is 0.667. The lowest BCUT2D eigenvalue weighted by Crippen LogP contribution is -2.43. The fourth-order valence-electron chi connectivity index (χ4n) is 4.46. The van der Waals surface area contributed by atoms with E-state index in [1.54, 1.807) is 14.2 Å². The standard InChI is InChI=1S/C21H32N2O3/c1-25-18-9-8-16(13-19(18)26-2)21(10-4-3-5-11-21)15-23-20(24)14-17-7-6-12-22-17/h8-9,13,17,22H,3-7,10-12,14-15H2,1-2H3,(H,23,24). The summed E-state index contributed by atoms with van der Waals surface area (Å²) in [6.45, 7) is 1.74. The van der Waals surface area contributed by atoms with Crippen LogP contribution in [0.5, 0.6) is 11.5 Å². The first kappa shape index (κ1) is 19.0. The summed E-state index contributed by atoms with van der Waals surface area (Å²) in [5.41, 5.74) is 1.24. The summed E-state index contributed by atoms with van der Waals surface area (Å²) in [5.74, 6) is 1.67. The van der Waals surface area contributed by atoms with Crippen LogP contribution in [0.2, 0.25) is 0 Å². The predicted molar refractivity (Wildman–Crippen MR) is 103 cm³/mol. The molecule has 2 fully saturated rings. The van der Waals surface area contributed by atoms with E-state index in [1.807, 2.05) is 6.07 Å². The molecule has 0 spiro atoms. The van der Waals surface area contributed by atoms with Gasteiger partial charge in [-0.1, -0.05) is 25.3 Å². The first-order chi connectivity index (χ1) is 12.7. The van der Waals surface area contributed by atoms with Crippen molar-refractivity contribution in [3.05, 3.63) is 23.8 Å². The van der Waals surface area contributed by atoms with Gasteiger partial charge in [-0.05, 0) is 49.9 Å². The molecule has 1 heterocycles. The molecule has 26 heavy (non-hydrogen) atoms. The minimum atomic E-state index is -0.00341. The van der Waals surface area contributed by atoms with Crippen molar-refractivity contribution in [2.75, 3.05) is 27.3 Å². The number of carbonyl (C=O) groups excluding carboxylic acids is 1. The van der Waals surface area contributed by atoms with Crippen molar-refractivity contribution >= 4 is 5.91 Å². The molecule has 5 nitrogen and oxygen atoms in total. The highest BCUT2D eigenvalue weighted by atomic mass is 16.5. The Hall–Kier alpha value is -1.75. The third kappa shape index (κ3) is 4.32. The first-order valence-corrected chi connectivity index (χ1v) is 9.89. The van der Waals surface area contributed by atoms with Crippen LogP contribution in [0.1, 0.15) is 56.9 Å². The van der Waals surface area contributed by atoms with Gasteiger partial charge in [0.05, 0.1) is 14.2 Å². The predicted octanol–water partition coefficient (Wildman–Crippen LogP) is 3.16. The molecule has 1 unspecified atom stereocenters. The van der Waals surface area contributed by atoms with E-state index in [4.69, 9.17) is 9.47 Å². The second-order valence-electron chi connectivity index (χ2n) is 7.68. The van der Waals surface area contributed by atoms with E-state index in [2.05, 4.69) is 22.8 Å². The van der Waals surface area contributed by atoms with E-state index in [-0.39, 0.29) is 11.3 Å². The monoisotopic (exact) mass is 360 g/mol. The van der Waals surface area contributed by atoms with E-state index >= 15 is 0 Å². The Kier molecular flexibility index (Phi) is 6.41. The van der Waals surface area contributed by atoms with Crippen molar-refractivity contribution in [3.8, 4) is 11.5 Å². The van der Waals surface area contributed by atoms with Gasteiger partial charge in [-0.15, -0.1) is 0 Å². The molecule has 144 valence electrons. The highest BCUT2D eigenvalue weighted by Crippen LogP contribution is 2.42. The quantitative estimate of drug-likeness (QED) is 0.784. The lowest BCUT2D eigenvalue weighted by atomic mass is 9.69. The molecule has 1 aliphatic heterocycles. The minimum absolute atomic E-state index is 0.00341. The zero-order valence-electron chi connectivity index (χ0n) is 16.1. The molecule has 2 N–H and O–H groups in total. The molecular formula is C21H32N2O3. The van der Waals surface area contributed by atoms with Gasteiger partial charge in [-0.3, -0.25) is 4.79 Å². The fourth-order valence-corrected chi connectivity index (χ4v) is 4.46. The maximum atomic E-state index is 12.4. The van der Waals surface area contributed by atoms with Crippen LogP contribution < -0.4 is 20.1 Å². The normalized spacial score (nSPS) is 22.0. The molecule has 5 heteroatoms. The van der Waals surface area contributed by atoms with E-state index in [0.717, 1.165) is 37.3 Å². The largest absolute Gasteiger partial charge is 0.493 e. The Bertz CT molecular complexity index is 605. The Balaban J connectivity index is 1.72. The molecule has 0 aromatic heterocycles. The van der Waals surface area contributed by atoms with Gasteiger partial charge in [0.2, 0.25) is 5.91 Å². The molecule has 1 aliphatic carbocycles. The molecule has 1 aromatic carbocycles. The smallest absolute Gasteiger partial charge is 0.221 e. The van der Waals surface area contributed by atoms with Crippen molar-refractivity contribution in [1.82, 2.24) is 10.6 Å². The maximum Gasteiger partial charge on any atom is 0.221 e. The zero-order valence-corrected chi connectivity index (χ0v) is 16.1. The molecule has 1 saturated heterocycles. The number of ether oxygens (including phenoxy) is 2. The third-order valence-corrected chi connectivity index (χ3v) is 6.02. The van der Waals surface area contributed by atoms with Crippen molar-refractivity contribution < 1.29 is 14.3 Å². The molecule has 0 radical (unpaired) electrons. The first-order valence-electron chi connectivity index (χ1n) is 9.89. The second-order valence-corrected chi connectivity index (χ2v) is 7.68. The number of hydrogen-bond acceptors (Lipinski definition) is 4. The third-order valence-electron chi connectivity index (χ3n) is 6.02. The van der Waals surface area contributed by atoms with Gasteiger partial charge in [0.1, 0.15) is 0 Å². The summed E-state index contributed by atoms with van der Waals surface area (Å²) in [6, 6.07) is 6.56. The molecule has 2 aliphatic rings. The van der Waals surface area contributed by atoms with Crippen LogP contribution in [0.25, 0.3) is 0 Å². The second kappa shape index (κ2) is 8.76. The number of benzene rings is 1. The molecule has 1 aromatic rings. The van der Waals surface area contributed by atoms with Crippen molar-refractivity contribution in [2.24, 2.45) is 0 Å². The maximum absolute atomic E-state index is 12.4. The summed E-state index contributed by atoms with van der Waals surface area (Å²) in [7, 11) is 3.33. The van der Waals surface area contributed by atoms with Gasteiger partial charge in [0.25, 0.3) is 0 Å². The van der Waals surface area contributed by atoms with E-state index in [9.17, 15) is 4.79 Å². The minimum Gasteiger partial charge on any atom is -0.493 e. The van der Waals surface area contributed by atoms with Gasteiger partial charge in [0.15, 0.2) is 11.5 Å². The number of methoxy groups -OCH3 is 2. The van der Waals surface area contributed by atoms with Crippen LogP contribution in [-0.4, -0.2) is 39.3 Å². The zero-order chi connectivity index (χ0) is 18.4. The topological polar surface area (TPSA) is 59.6 Å². The Labute approximate surface area is 156 Å². The Morgan fingerprint density at radius 2 is 1.92 bits per heavy atom. The van der Waals surface area contributed by atoms with Crippen LogP contribution in [0.15, 0.2) is 18.2 Å². The highest BCUT2D eigenvalue weighted by Gasteiger charge is 2.35. The summed E-state index contributed by atoms with van der Waals surface area (Å²) >= 11 is 0. The molecule has 1 saturated carbocycles. The summed E-state index contributed by atoms with van der Waals surface area (Å²) in [5, 5.41) is 6.64. The van der Waals surface area contributed by atoms with Crippen LogP contribution >= 0.6 is 0 Å². The lowest BCUT2D eigenvalue weighted by Gasteiger charge is -2.38. The Morgan fingerprint density at radius 1 is 1.15 bits per heavy atom. The van der Waals surface area contributed by atoms with Gasteiger partial charge < -0.3 is 20.1 Å². The SMILES string of the molecule is COc1ccc(C2(CNC(=O)CC3CCCN3)CCCCC2)cc1OC. The van der Waals surface area contributed by atoms with Crippen LogP contribution in [-0.2, 0) is 10.2 Å². The van der Waals surface area contributed by atoms with E-state index < -0.39 is 0 Å². The average molecular weight is 360 g/mol. The summed E-state index contributed by atoms with van der Waals surface area (Å²) < 4.78 is 10.9. The van der Waals surface area contributed by atoms with Crippen LogP contribution in [0.4, 0.5) is 0 Å². The molecule has 0 bridgehead atoms. The molecule has 1 amide bonds. The average Bonchev–Trinajstić information content (AvgIpc) is 3.19. The number of hydrogen-bond donors (Lipinski definition) is 2. The summed E-state index contributed by atoms with van der Waals surface area (Å²) in [4.78, 5) is 12.4. The molecular weight excluding hydrogens is 328 g/mol. The van der Waals surface area contributed by atoms with Gasteiger partial charge in [-0.25, -0.2) is 0 Å². The lowest BCUT2D eigenvalue weighted by molar-refractivity contribution is -0.121. The number of carbonyl (C=O) groups is 1. The van der Waals surface area contributed by atoms with Crippen molar-refractivity contribution in [3.63, 3.8) is 0 Å². The summed E-state index contributed by atoms with van der Waals surface area (Å²) in [6.07, 6.45) is 8.75. The number of rotatable bonds is 7. The van der Waals surface area contributed by atoms with Gasteiger partial charge in [-0.2, -0.15) is 0 Å². The van der Waals surface area contributed by atoms with Crippen molar-refractivity contribution in [2.45, 2.75) is 62.8 Å². The molecule has 1 atom stereocenters. The van der Waals surface area contributed by atoms with E-state index in [1.165, 1.54) is 31.2 Å². The van der Waals surface area contributed by atoms with Crippen LogP contribution in [0, 0.1) is 0 Å². The van der Waals surface area contributed by atoms with E-state index in [0.29, 0.717) is 19.0 Å². The highest BCUT2D eigenvalue weighted by molar-refractivity contribution is 5.76. The molecule has 3 rings (SSSR count). The van der Waals surface area contributed by atoms with Crippen molar-refractivity contribution in [1.29, 1.82) is 0 Å². The van der Waals surface area contributed by atoms with Gasteiger partial charge >= 0.3 is 0 Å². The number of amides is 1.